The number of para-hydroxylation sites is 1. The molecule has 1 unspecified atom stereocenters. The molecule has 0 spiro atoms. The molecule has 3 aromatic rings. The minimum Gasteiger partial charge on any atom is -0.373 e. The van der Waals surface area contributed by atoms with Gasteiger partial charge in [-0.2, -0.15) is 0 Å². The van der Waals surface area contributed by atoms with Crippen molar-refractivity contribution in [2.24, 2.45) is 5.92 Å². The third kappa shape index (κ3) is 4.16. The molecule has 34 heavy (non-hydrogen) atoms. The maximum absolute atomic E-state index is 14.9. The van der Waals surface area contributed by atoms with E-state index in [1.807, 2.05) is 6.07 Å². The number of nitrogens with zero attached hydrogens (tertiary/aromatic N) is 2. The molecule has 7 nitrogen and oxygen atoms in total. The highest BCUT2D eigenvalue weighted by Crippen LogP contribution is 2.48. The summed E-state index contributed by atoms with van der Waals surface area (Å²) in [5, 5.41) is 7.99. The fourth-order valence-electron chi connectivity index (χ4n) is 4.34. The van der Waals surface area contributed by atoms with Crippen LogP contribution in [0, 0.1) is 17.6 Å². The van der Waals surface area contributed by atoms with Crippen LogP contribution in [0.2, 0.25) is 0 Å². The number of urea groups is 1. The molecule has 1 atom stereocenters. The van der Waals surface area contributed by atoms with Crippen LogP contribution in [0.5, 0.6) is 0 Å². The highest BCUT2D eigenvalue weighted by molar-refractivity contribution is 6.03. The van der Waals surface area contributed by atoms with Crippen LogP contribution in [0.3, 0.4) is 0 Å². The summed E-state index contributed by atoms with van der Waals surface area (Å²) in [5.41, 5.74) is 1.92. The van der Waals surface area contributed by atoms with Gasteiger partial charge in [-0.05, 0) is 54.2 Å². The Kier molecular flexibility index (Phi) is 5.61. The van der Waals surface area contributed by atoms with Crippen LogP contribution in [-0.4, -0.2) is 24.0 Å². The molecule has 1 aromatic heterocycles. The molecule has 0 radical (unpaired) electrons. The number of fused-ring (bicyclic) bond motifs is 1. The summed E-state index contributed by atoms with van der Waals surface area (Å²) in [6.07, 6.45) is 3.52. The number of halogens is 2. The first-order chi connectivity index (χ1) is 16.4. The van der Waals surface area contributed by atoms with Crippen LogP contribution in [0.25, 0.3) is 0 Å². The summed E-state index contributed by atoms with van der Waals surface area (Å²) in [6.45, 7) is 0.104. The highest BCUT2D eigenvalue weighted by Gasteiger charge is 2.44. The van der Waals surface area contributed by atoms with Gasteiger partial charge in [-0.15, -0.1) is 0 Å². The molecule has 2 aromatic carbocycles. The molecule has 0 bridgehead atoms. The summed E-state index contributed by atoms with van der Waals surface area (Å²) < 4.78 is 29.5. The molecule has 1 saturated carbocycles. The third-order valence-corrected chi connectivity index (χ3v) is 6.17. The maximum atomic E-state index is 14.9. The van der Waals surface area contributed by atoms with Crippen molar-refractivity contribution in [3.05, 3.63) is 77.5 Å². The van der Waals surface area contributed by atoms with Crippen molar-refractivity contribution in [3.8, 4) is 0 Å². The fraction of sp³-hybridized carbons (Fsp3) is 0.240. The second-order valence-electron chi connectivity index (χ2n) is 8.49. The van der Waals surface area contributed by atoms with Crippen LogP contribution in [0.1, 0.15) is 29.9 Å². The van der Waals surface area contributed by atoms with Crippen molar-refractivity contribution in [2.45, 2.75) is 25.3 Å². The molecule has 1 aliphatic carbocycles. The zero-order valence-electron chi connectivity index (χ0n) is 18.4. The molecule has 0 saturated heterocycles. The van der Waals surface area contributed by atoms with Crippen molar-refractivity contribution in [3.63, 3.8) is 0 Å². The largest absolute Gasteiger partial charge is 0.373 e. The van der Waals surface area contributed by atoms with Gasteiger partial charge in [0.2, 0.25) is 5.91 Å². The van der Waals surface area contributed by atoms with Gasteiger partial charge >= 0.3 is 6.03 Å². The summed E-state index contributed by atoms with van der Waals surface area (Å²) >= 11 is 0. The Bertz CT molecular complexity index is 1260. The summed E-state index contributed by atoms with van der Waals surface area (Å²) in [6, 6.07) is 11.7. The van der Waals surface area contributed by atoms with Crippen LogP contribution in [-0.2, 0) is 11.3 Å². The Morgan fingerprint density at radius 1 is 1.06 bits per heavy atom. The molecular formula is C25H23F2N5O2. The standard InChI is InChI=1S/C25H23F2N5O2/c1-28-22-9-17-15(12-29-22)13-32(24(33)23(17)14-7-8-14)21-11-20(18(26)10-19(21)27)31-25(34)30-16-5-3-2-4-6-16/h2-6,9-12,14,23H,7-8,13H2,1H3,(H,28,29)(H2,30,31,34). The summed E-state index contributed by atoms with van der Waals surface area (Å²) in [5.74, 6) is -1.63. The van der Waals surface area contributed by atoms with E-state index in [1.54, 1.807) is 43.6 Å². The van der Waals surface area contributed by atoms with Crippen molar-refractivity contribution in [1.82, 2.24) is 4.98 Å². The predicted molar refractivity (Wildman–Crippen MR) is 126 cm³/mol. The lowest BCUT2D eigenvalue weighted by Gasteiger charge is -2.34. The van der Waals surface area contributed by atoms with Crippen LogP contribution in [0.15, 0.2) is 54.7 Å². The van der Waals surface area contributed by atoms with Gasteiger partial charge in [0.05, 0.1) is 23.8 Å². The SMILES string of the molecule is CNc1cc2c(cn1)CN(c1cc(NC(=O)Nc3ccccc3)c(F)cc1F)C(=O)C2C1CC1. The van der Waals surface area contributed by atoms with Gasteiger partial charge in [-0.1, -0.05) is 18.2 Å². The van der Waals surface area contributed by atoms with E-state index in [2.05, 4.69) is 20.9 Å². The second kappa shape index (κ2) is 8.74. The number of pyridine rings is 1. The molecule has 9 heteroatoms. The zero-order chi connectivity index (χ0) is 23.8. The topological polar surface area (TPSA) is 86.4 Å². The highest BCUT2D eigenvalue weighted by atomic mass is 19.1. The minimum absolute atomic E-state index is 0.0876. The zero-order valence-corrected chi connectivity index (χ0v) is 18.4. The lowest BCUT2D eigenvalue weighted by atomic mass is 9.86. The van der Waals surface area contributed by atoms with Gasteiger partial charge in [0.15, 0.2) is 0 Å². The summed E-state index contributed by atoms with van der Waals surface area (Å²) in [7, 11) is 1.76. The number of hydrogen-bond donors (Lipinski definition) is 3. The quantitative estimate of drug-likeness (QED) is 0.492. The van der Waals surface area contributed by atoms with Gasteiger partial charge in [0.1, 0.15) is 17.5 Å². The number of rotatable bonds is 5. The molecular weight excluding hydrogens is 440 g/mol. The Balaban J connectivity index is 1.46. The molecule has 3 amide bonds. The third-order valence-electron chi connectivity index (χ3n) is 6.17. The van der Waals surface area contributed by atoms with Crippen LogP contribution < -0.4 is 20.9 Å². The number of hydrogen-bond acceptors (Lipinski definition) is 4. The van der Waals surface area contributed by atoms with E-state index >= 15 is 0 Å². The van der Waals surface area contributed by atoms with E-state index in [4.69, 9.17) is 0 Å². The Morgan fingerprint density at radius 3 is 2.53 bits per heavy atom. The number of nitrogens with one attached hydrogen (secondary N) is 3. The van der Waals surface area contributed by atoms with Crippen LogP contribution >= 0.6 is 0 Å². The lowest BCUT2D eigenvalue weighted by molar-refractivity contribution is -0.121. The Labute approximate surface area is 195 Å². The van der Waals surface area contributed by atoms with Gasteiger partial charge in [0, 0.05) is 25.0 Å². The smallest absolute Gasteiger partial charge is 0.323 e. The van der Waals surface area contributed by atoms with Crippen molar-refractivity contribution in [1.29, 1.82) is 0 Å². The van der Waals surface area contributed by atoms with Gasteiger partial charge in [0.25, 0.3) is 0 Å². The molecule has 1 aliphatic heterocycles. The van der Waals surface area contributed by atoms with Crippen LogP contribution in [0.4, 0.5) is 36.5 Å². The average molecular weight is 463 g/mol. The van der Waals surface area contributed by atoms with E-state index < -0.39 is 23.6 Å². The molecule has 5 rings (SSSR count). The number of aromatic nitrogens is 1. The van der Waals surface area contributed by atoms with E-state index in [0.717, 1.165) is 30.0 Å². The number of anilines is 4. The first-order valence-electron chi connectivity index (χ1n) is 11.0. The van der Waals surface area contributed by atoms with Crippen molar-refractivity contribution < 1.29 is 18.4 Å². The molecule has 174 valence electrons. The van der Waals surface area contributed by atoms with E-state index in [0.29, 0.717) is 17.6 Å². The lowest BCUT2D eigenvalue weighted by Crippen LogP contribution is -2.41. The van der Waals surface area contributed by atoms with Crippen molar-refractivity contribution in [2.75, 3.05) is 27.9 Å². The normalized spacial score (nSPS) is 17.2. The van der Waals surface area contributed by atoms with E-state index in [-0.39, 0.29) is 29.7 Å². The molecule has 2 aliphatic rings. The summed E-state index contributed by atoms with van der Waals surface area (Å²) in [4.78, 5) is 31.5. The number of carbonyl (C=O) groups is 2. The molecule has 2 heterocycles. The van der Waals surface area contributed by atoms with Crippen molar-refractivity contribution >= 4 is 34.8 Å². The molecule has 1 fully saturated rings. The fourth-order valence-corrected chi connectivity index (χ4v) is 4.34. The first kappa shape index (κ1) is 21.8. The monoisotopic (exact) mass is 463 g/mol. The number of amides is 3. The van der Waals surface area contributed by atoms with E-state index in [1.165, 1.54) is 4.90 Å². The Hall–Kier alpha value is -4.01. The second-order valence-corrected chi connectivity index (χ2v) is 8.49. The Morgan fingerprint density at radius 2 is 1.82 bits per heavy atom. The maximum Gasteiger partial charge on any atom is 0.323 e. The van der Waals surface area contributed by atoms with Gasteiger partial charge in [-0.3, -0.25) is 4.79 Å². The first-order valence-corrected chi connectivity index (χ1v) is 11.0. The average Bonchev–Trinajstić information content (AvgIpc) is 3.66. The predicted octanol–water partition coefficient (Wildman–Crippen LogP) is 5.09. The minimum atomic E-state index is -0.937. The van der Waals surface area contributed by atoms with E-state index in [9.17, 15) is 18.4 Å². The van der Waals surface area contributed by atoms with Gasteiger partial charge in [-0.25, -0.2) is 18.6 Å². The molecule has 3 N–H and O–H groups in total. The van der Waals surface area contributed by atoms with Gasteiger partial charge < -0.3 is 20.9 Å². The number of carbonyl (C=O) groups excluding carboxylic acids is 2. The number of benzene rings is 2.